The van der Waals surface area contributed by atoms with Crippen LogP contribution in [0.25, 0.3) is 0 Å². The molecule has 23 heavy (non-hydrogen) atoms. The summed E-state index contributed by atoms with van der Waals surface area (Å²) in [5.41, 5.74) is 1.55. The molecule has 2 rings (SSSR count). The van der Waals surface area contributed by atoms with E-state index in [-0.39, 0.29) is 24.5 Å². The Bertz CT molecular complexity index is 572. The van der Waals surface area contributed by atoms with Crippen LogP contribution >= 0.6 is 0 Å². The van der Waals surface area contributed by atoms with Gasteiger partial charge in [0.2, 0.25) is 5.91 Å². The molecule has 6 heteroatoms. The molecule has 2 N–H and O–H groups in total. The van der Waals surface area contributed by atoms with Crippen LogP contribution in [0.15, 0.2) is 18.2 Å². The van der Waals surface area contributed by atoms with Gasteiger partial charge in [-0.2, -0.15) is 0 Å². The second-order valence-electron chi connectivity index (χ2n) is 6.10. The zero-order valence-corrected chi connectivity index (χ0v) is 13.8. The number of ether oxygens (including phenoxy) is 2. The van der Waals surface area contributed by atoms with Crippen molar-refractivity contribution in [2.45, 2.75) is 33.2 Å². The van der Waals surface area contributed by atoms with E-state index in [2.05, 4.69) is 24.5 Å². The van der Waals surface area contributed by atoms with Gasteiger partial charge in [0.15, 0.2) is 6.61 Å². The standard InChI is InChI=1S/C17H24N2O4/c1-11(2)9-22-7-6-16(20)18-12(3)13-4-5-15-14(8-13)19-17(21)10-23-15/h4-5,8,11-12H,6-7,9-10H2,1-3H3,(H,18,20)(H,19,21). The quantitative estimate of drug-likeness (QED) is 0.756. The number of hydrogen-bond acceptors (Lipinski definition) is 4. The molecule has 1 unspecified atom stereocenters. The van der Waals surface area contributed by atoms with Crippen LogP contribution in [0.5, 0.6) is 5.75 Å². The van der Waals surface area contributed by atoms with E-state index in [0.717, 1.165) is 5.56 Å². The molecule has 0 fully saturated rings. The second kappa shape index (κ2) is 7.97. The van der Waals surface area contributed by atoms with Crippen molar-refractivity contribution in [2.75, 3.05) is 25.1 Å². The molecule has 2 amide bonds. The fourth-order valence-corrected chi connectivity index (χ4v) is 2.25. The lowest BCUT2D eigenvalue weighted by atomic mass is 10.1. The maximum Gasteiger partial charge on any atom is 0.262 e. The minimum absolute atomic E-state index is 0.0367. The van der Waals surface area contributed by atoms with E-state index in [1.807, 2.05) is 19.1 Å². The minimum Gasteiger partial charge on any atom is -0.482 e. The Balaban J connectivity index is 1.85. The van der Waals surface area contributed by atoms with Crippen molar-refractivity contribution in [3.05, 3.63) is 23.8 Å². The van der Waals surface area contributed by atoms with Crippen LogP contribution in [0.1, 0.15) is 38.8 Å². The Labute approximate surface area is 136 Å². The van der Waals surface area contributed by atoms with E-state index < -0.39 is 0 Å². The third-order valence-corrected chi connectivity index (χ3v) is 3.44. The van der Waals surface area contributed by atoms with E-state index in [4.69, 9.17) is 9.47 Å². The van der Waals surface area contributed by atoms with E-state index in [0.29, 0.717) is 37.0 Å². The fraction of sp³-hybridized carbons (Fsp3) is 0.529. The van der Waals surface area contributed by atoms with Gasteiger partial charge in [0.25, 0.3) is 5.91 Å². The summed E-state index contributed by atoms with van der Waals surface area (Å²) in [7, 11) is 0. The van der Waals surface area contributed by atoms with Gasteiger partial charge in [-0.1, -0.05) is 19.9 Å². The number of anilines is 1. The lowest BCUT2D eigenvalue weighted by Crippen LogP contribution is -2.28. The molecule has 0 saturated carbocycles. The summed E-state index contributed by atoms with van der Waals surface area (Å²) in [6, 6.07) is 5.36. The van der Waals surface area contributed by atoms with Crippen LogP contribution in [-0.4, -0.2) is 31.6 Å². The number of carbonyl (C=O) groups is 2. The number of carbonyl (C=O) groups excluding carboxylic acids is 2. The molecule has 0 bridgehead atoms. The van der Waals surface area contributed by atoms with Crippen molar-refractivity contribution < 1.29 is 19.1 Å². The van der Waals surface area contributed by atoms with Crippen LogP contribution in [0.3, 0.4) is 0 Å². The lowest BCUT2D eigenvalue weighted by molar-refractivity contribution is -0.123. The lowest BCUT2D eigenvalue weighted by Gasteiger charge is -2.21. The highest BCUT2D eigenvalue weighted by atomic mass is 16.5. The summed E-state index contributed by atoms with van der Waals surface area (Å²) < 4.78 is 10.7. The SMILES string of the molecule is CC(C)COCCC(=O)NC(C)c1ccc2c(c1)NC(=O)CO2. The Morgan fingerprint density at radius 1 is 1.39 bits per heavy atom. The first-order valence-electron chi connectivity index (χ1n) is 7.89. The number of rotatable bonds is 7. The molecule has 0 radical (unpaired) electrons. The Morgan fingerprint density at radius 3 is 2.91 bits per heavy atom. The van der Waals surface area contributed by atoms with E-state index >= 15 is 0 Å². The van der Waals surface area contributed by atoms with E-state index in [1.165, 1.54) is 0 Å². The van der Waals surface area contributed by atoms with E-state index in [1.54, 1.807) is 6.07 Å². The Morgan fingerprint density at radius 2 is 2.17 bits per heavy atom. The molecular weight excluding hydrogens is 296 g/mol. The van der Waals surface area contributed by atoms with Crippen molar-refractivity contribution in [2.24, 2.45) is 5.92 Å². The molecule has 1 aliphatic heterocycles. The van der Waals surface area contributed by atoms with Crippen molar-refractivity contribution in [3.63, 3.8) is 0 Å². The summed E-state index contributed by atoms with van der Waals surface area (Å²) in [5, 5.41) is 5.69. The molecule has 1 aromatic carbocycles. The molecule has 0 saturated heterocycles. The summed E-state index contributed by atoms with van der Waals surface area (Å²) in [6.07, 6.45) is 0.335. The summed E-state index contributed by atoms with van der Waals surface area (Å²) >= 11 is 0. The fourth-order valence-electron chi connectivity index (χ4n) is 2.25. The molecule has 0 aromatic heterocycles. The van der Waals surface area contributed by atoms with Crippen molar-refractivity contribution >= 4 is 17.5 Å². The molecule has 0 spiro atoms. The number of amides is 2. The Kier molecular flexibility index (Phi) is 5.98. The maximum atomic E-state index is 11.9. The monoisotopic (exact) mass is 320 g/mol. The summed E-state index contributed by atoms with van der Waals surface area (Å²) in [4.78, 5) is 23.3. The maximum absolute atomic E-state index is 11.9. The Hall–Kier alpha value is -2.08. The molecule has 6 nitrogen and oxygen atoms in total. The minimum atomic E-state index is -0.173. The zero-order valence-electron chi connectivity index (χ0n) is 13.8. The highest BCUT2D eigenvalue weighted by molar-refractivity contribution is 5.95. The smallest absolute Gasteiger partial charge is 0.262 e. The normalized spacial score (nSPS) is 14.7. The zero-order chi connectivity index (χ0) is 16.8. The molecule has 1 atom stereocenters. The molecule has 1 aromatic rings. The van der Waals surface area contributed by atoms with Gasteiger partial charge in [0.05, 0.1) is 18.3 Å². The van der Waals surface area contributed by atoms with Gasteiger partial charge in [0.1, 0.15) is 5.75 Å². The predicted octanol–water partition coefficient (Wildman–Crippen LogP) is 2.26. The average Bonchev–Trinajstić information content (AvgIpc) is 2.50. The highest BCUT2D eigenvalue weighted by Crippen LogP contribution is 2.30. The van der Waals surface area contributed by atoms with Crippen LogP contribution in [0.2, 0.25) is 0 Å². The molecular formula is C17H24N2O4. The van der Waals surface area contributed by atoms with Gasteiger partial charge >= 0.3 is 0 Å². The number of fused-ring (bicyclic) bond motifs is 1. The van der Waals surface area contributed by atoms with Crippen LogP contribution < -0.4 is 15.4 Å². The first kappa shape index (κ1) is 17.3. The van der Waals surface area contributed by atoms with Crippen molar-refractivity contribution in [3.8, 4) is 5.75 Å². The summed E-state index contributed by atoms with van der Waals surface area (Å²) in [5.74, 6) is 0.881. The highest BCUT2D eigenvalue weighted by Gasteiger charge is 2.18. The van der Waals surface area contributed by atoms with Crippen LogP contribution in [-0.2, 0) is 14.3 Å². The van der Waals surface area contributed by atoms with Crippen LogP contribution in [0.4, 0.5) is 5.69 Å². The molecule has 0 aliphatic carbocycles. The van der Waals surface area contributed by atoms with Gasteiger partial charge < -0.3 is 20.1 Å². The largest absolute Gasteiger partial charge is 0.482 e. The average molecular weight is 320 g/mol. The van der Waals surface area contributed by atoms with Gasteiger partial charge in [-0.25, -0.2) is 0 Å². The third kappa shape index (κ3) is 5.25. The molecule has 1 heterocycles. The number of benzene rings is 1. The third-order valence-electron chi connectivity index (χ3n) is 3.44. The second-order valence-corrected chi connectivity index (χ2v) is 6.10. The van der Waals surface area contributed by atoms with E-state index in [9.17, 15) is 9.59 Å². The van der Waals surface area contributed by atoms with Gasteiger partial charge in [-0.15, -0.1) is 0 Å². The topological polar surface area (TPSA) is 76.7 Å². The predicted molar refractivity (Wildman–Crippen MR) is 87.4 cm³/mol. The molecule has 1 aliphatic rings. The van der Waals surface area contributed by atoms with Gasteiger partial charge in [0, 0.05) is 13.0 Å². The number of hydrogen-bond donors (Lipinski definition) is 2. The van der Waals surface area contributed by atoms with Crippen molar-refractivity contribution in [1.29, 1.82) is 0 Å². The van der Waals surface area contributed by atoms with Crippen molar-refractivity contribution in [1.82, 2.24) is 5.32 Å². The first-order chi connectivity index (χ1) is 11.0. The van der Waals surface area contributed by atoms with Crippen LogP contribution in [0, 0.1) is 5.92 Å². The van der Waals surface area contributed by atoms with Gasteiger partial charge in [-0.05, 0) is 30.5 Å². The molecule has 126 valence electrons. The number of nitrogens with one attached hydrogen (secondary N) is 2. The first-order valence-corrected chi connectivity index (χ1v) is 7.89. The van der Waals surface area contributed by atoms with Gasteiger partial charge in [-0.3, -0.25) is 9.59 Å². The summed E-state index contributed by atoms with van der Waals surface area (Å²) in [6.45, 7) is 7.16.